The molecule has 2 aliphatic rings. The number of hydrogen-bond acceptors (Lipinski definition) is 3. The average molecular weight is 559 g/mol. The van der Waals surface area contributed by atoms with Crippen molar-refractivity contribution in [3.63, 3.8) is 0 Å². The van der Waals surface area contributed by atoms with Crippen LogP contribution in [0.5, 0.6) is 11.5 Å². The maximum Gasteiger partial charge on any atom is 0.330 e. The number of benzene rings is 6. The van der Waals surface area contributed by atoms with Gasteiger partial charge in [0, 0.05) is 11.1 Å². The van der Waals surface area contributed by atoms with Crippen LogP contribution in [-0.2, 0) is 10.1 Å². The van der Waals surface area contributed by atoms with Gasteiger partial charge in [-0.1, -0.05) is 109 Å². The van der Waals surface area contributed by atoms with E-state index in [1.807, 2.05) is 26.0 Å². The molecular weight excluding hydrogens is 527 g/mol. The van der Waals surface area contributed by atoms with Gasteiger partial charge < -0.3 is 14.5 Å². The van der Waals surface area contributed by atoms with Crippen molar-refractivity contribution in [2.24, 2.45) is 0 Å². The van der Waals surface area contributed by atoms with Gasteiger partial charge in [0.1, 0.15) is 11.5 Å². The Bertz CT molecular complexity index is 2040. The van der Waals surface area contributed by atoms with Crippen LogP contribution in [0.1, 0.15) is 49.9 Å². The lowest BCUT2D eigenvalue weighted by Crippen LogP contribution is -2.49. The maximum absolute atomic E-state index is 10.8. The number of para-hydroxylation sites is 2. The highest BCUT2D eigenvalue weighted by Crippen LogP contribution is 2.64. The summed E-state index contributed by atoms with van der Waals surface area (Å²) in [6.45, 7) is 7.39. The highest BCUT2D eigenvalue weighted by Gasteiger charge is 2.52. The maximum atomic E-state index is 10.8. The Morgan fingerprint density at radius 3 is 1.79 bits per heavy atom. The second-order valence-electron chi connectivity index (χ2n) is 12.8. The minimum absolute atomic E-state index is 0.616. The van der Waals surface area contributed by atoms with Crippen molar-refractivity contribution in [1.82, 2.24) is 0 Å². The summed E-state index contributed by atoms with van der Waals surface area (Å²) in [6.07, 6.45) is 0. The van der Waals surface area contributed by atoms with Crippen LogP contribution in [0.25, 0.3) is 32.7 Å². The molecule has 1 spiro atoms. The minimum atomic E-state index is -1.02. The van der Waals surface area contributed by atoms with E-state index in [4.69, 9.17) is 9.39 Å². The van der Waals surface area contributed by atoms with Gasteiger partial charge in [-0.05, 0) is 83.6 Å². The second kappa shape index (κ2) is 9.06. The molecule has 8 rings (SSSR count). The molecule has 43 heavy (non-hydrogen) atoms. The Morgan fingerprint density at radius 1 is 0.628 bits per heavy atom. The zero-order valence-corrected chi connectivity index (χ0v) is 24.8. The second-order valence-corrected chi connectivity index (χ2v) is 12.8. The summed E-state index contributed by atoms with van der Waals surface area (Å²) in [5.74, 6) is 1.73. The van der Waals surface area contributed by atoms with E-state index in [-0.39, 0.29) is 0 Å². The van der Waals surface area contributed by atoms with Gasteiger partial charge in [0.05, 0.1) is 16.6 Å². The van der Waals surface area contributed by atoms with Crippen LogP contribution in [0.15, 0.2) is 115 Å². The SMILES string of the molecule is CC(C)(O)C(C)(C)O[B]c1ccc2c(c1)C1(c3ccccc3Oc3ccccc31)c1c-2c2ccccc2c2ccccc12. The molecule has 1 radical (unpaired) electrons. The van der Waals surface area contributed by atoms with Crippen LogP contribution in [-0.4, -0.2) is 23.8 Å². The van der Waals surface area contributed by atoms with E-state index in [0.29, 0.717) is 0 Å². The van der Waals surface area contributed by atoms with E-state index in [1.165, 1.54) is 43.8 Å². The van der Waals surface area contributed by atoms with Crippen molar-refractivity contribution in [1.29, 1.82) is 0 Å². The Labute approximate surface area is 253 Å². The molecule has 4 heteroatoms. The molecule has 1 N–H and O–H groups in total. The number of rotatable bonds is 4. The first-order valence-electron chi connectivity index (χ1n) is 14.9. The van der Waals surface area contributed by atoms with Crippen molar-refractivity contribution >= 4 is 34.5 Å². The molecule has 0 unspecified atom stereocenters. The van der Waals surface area contributed by atoms with E-state index in [0.717, 1.165) is 28.1 Å². The van der Waals surface area contributed by atoms with E-state index >= 15 is 0 Å². The predicted molar refractivity (Wildman–Crippen MR) is 176 cm³/mol. The first-order chi connectivity index (χ1) is 20.7. The topological polar surface area (TPSA) is 38.7 Å². The van der Waals surface area contributed by atoms with Crippen molar-refractivity contribution in [3.05, 3.63) is 138 Å². The zero-order valence-electron chi connectivity index (χ0n) is 24.8. The molecule has 1 aliphatic heterocycles. The van der Waals surface area contributed by atoms with Gasteiger partial charge in [-0.2, -0.15) is 0 Å². The molecule has 0 saturated carbocycles. The first-order valence-corrected chi connectivity index (χ1v) is 14.9. The smallest absolute Gasteiger partial charge is 0.330 e. The molecular formula is C39H32BO3. The molecule has 1 aliphatic carbocycles. The molecule has 1 heterocycles. The summed E-state index contributed by atoms with van der Waals surface area (Å²) in [4.78, 5) is 0. The van der Waals surface area contributed by atoms with E-state index in [2.05, 4.69) is 103 Å². The molecule has 209 valence electrons. The van der Waals surface area contributed by atoms with Crippen LogP contribution < -0.4 is 10.2 Å². The Morgan fingerprint density at radius 2 is 1.16 bits per heavy atom. The fourth-order valence-corrected chi connectivity index (χ4v) is 7.02. The molecule has 0 bridgehead atoms. The summed E-state index contributed by atoms with van der Waals surface area (Å²) in [7, 11) is 1.79. The lowest BCUT2D eigenvalue weighted by atomic mass is 9.64. The van der Waals surface area contributed by atoms with Crippen molar-refractivity contribution in [2.45, 2.75) is 44.3 Å². The standard InChI is InChI=1S/C39H32BO3/c1-37(2,41)38(3,4)43-40-24-21-22-29-32(23-24)39(30-17-9-11-19-33(30)42-34-20-12-10-18-31(34)39)36-28-16-8-6-14-26(28)25-13-5-7-15-27(25)35(29)36/h5-23,41H,1-4H3. The fourth-order valence-electron chi connectivity index (χ4n) is 7.02. The third-order valence-electron chi connectivity index (χ3n) is 9.79. The number of aliphatic hydroxyl groups is 1. The molecule has 0 saturated heterocycles. The van der Waals surface area contributed by atoms with Gasteiger partial charge in [0.2, 0.25) is 0 Å². The van der Waals surface area contributed by atoms with Gasteiger partial charge in [0.25, 0.3) is 0 Å². The molecule has 0 aromatic heterocycles. The summed E-state index contributed by atoms with van der Waals surface area (Å²) in [5.41, 5.74) is 5.75. The third kappa shape index (κ3) is 3.57. The van der Waals surface area contributed by atoms with E-state index in [9.17, 15) is 5.11 Å². The highest BCUT2D eigenvalue weighted by molar-refractivity contribution is 6.47. The van der Waals surface area contributed by atoms with Crippen LogP contribution in [0, 0.1) is 0 Å². The van der Waals surface area contributed by atoms with Crippen LogP contribution >= 0.6 is 0 Å². The summed E-state index contributed by atoms with van der Waals surface area (Å²) >= 11 is 0. The molecule has 0 atom stereocenters. The number of hydrogen-bond donors (Lipinski definition) is 1. The Hall–Kier alpha value is -4.38. The Balaban J connectivity index is 1.51. The van der Waals surface area contributed by atoms with E-state index in [1.54, 1.807) is 21.3 Å². The van der Waals surface area contributed by atoms with Crippen LogP contribution in [0.2, 0.25) is 0 Å². The molecule has 3 nitrogen and oxygen atoms in total. The number of fused-ring (bicyclic) bond motifs is 14. The van der Waals surface area contributed by atoms with Gasteiger partial charge >= 0.3 is 7.48 Å². The van der Waals surface area contributed by atoms with Crippen LogP contribution in [0.4, 0.5) is 0 Å². The third-order valence-corrected chi connectivity index (χ3v) is 9.79. The largest absolute Gasteiger partial charge is 0.457 e. The van der Waals surface area contributed by atoms with Gasteiger partial charge in [0.15, 0.2) is 0 Å². The minimum Gasteiger partial charge on any atom is -0.457 e. The Kier molecular flexibility index (Phi) is 5.54. The van der Waals surface area contributed by atoms with Crippen LogP contribution in [0.3, 0.4) is 0 Å². The van der Waals surface area contributed by atoms with Crippen molar-refractivity contribution in [3.8, 4) is 22.6 Å². The van der Waals surface area contributed by atoms with Gasteiger partial charge in [-0.25, -0.2) is 0 Å². The molecule has 0 fully saturated rings. The summed E-state index contributed by atoms with van der Waals surface area (Å²) in [5, 5.41) is 15.7. The van der Waals surface area contributed by atoms with Gasteiger partial charge in [-0.15, -0.1) is 0 Å². The number of ether oxygens (including phenoxy) is 1. The normalized spacial score (nSPS) is 14.6. The quantitative estimate of drug-likeness (QED) is 0.174. The van der Waals surface area contributed by atoms with Gasteiger partial charge in [-0.3, -0.25) is 0 Å². The highest BCUT2D eigenvalue weighted by atomic mass is 16.5. The predicted octanol–water partition coefficient (Wildman–Crippen LogP) is 8.27. The van der Waals surface area contributed by atoms with Crippen molar-refractivity contribution in [2.75, 3.05) is 0 Å². The lowest BCUT2D eigenvalue weighted by Gasteiger charge is -2.40. The summed E-state index contributed by atoms with van der Waals surface area (Å²) < 4.78 is 12.9. The average Bonchev–Trinajstić information content (AvgIpc) is 3.31. The zero-order chi connectivity index (χ0) is 29.6. The van der Waals surface area contributed by atoms with Crippen molar-refractivity contribution < 1.29 is 14.5 Å². The molecule has 0 amide bonds. The molecule has 6 aromatic rings. The lowest BCUT2D eigenvalue weighted by molar-refractivity contribution is -0.0893. The van der Waals surface area contributed by atoms with E-state index < -0.39 is 16.6 Å². The summed E-state index contributed by atoms with van der Waals surface area (Å²) in [6, 6.07) is 41.2. The monoisotopic (exact) mass is 559 g/mol. The fraction of sp³-hybridized carbons (Fsp3) is 0.179. The first kappa shape index (κ1) is 26.3. The molecule has 6 aromatic carbocycles.